The fourth-order valence-corrected chi connectivity index (χ4v) is 4.98. The van der Waals surface area contributed by atoms with Gasteiger partial charge in [-0.1, -0.05) is 60.7 Å². The second-order valence-corrected chi connectivity index (χ2v) is 10.4. The maximum absolute atomic E-state index is 12.3. The van der Waals surface area contributed by atoms with E-state index in [0.29, 0.717) is 10.4 Å². The van der Waals surface area contributed by atoms with Crippen LogP contribution in [0, 0.1) is 0 Å². The monoisotopic (exact) mass is 420 g/mol. The number of thioether (sulfide) groups is 1. The highest BCUT2D eigenvalue weighted by atomic mass is 35.5. The molecule has 11 heteroatoms. The van der Waals surface area contributed by atoms with Gasteiger partial charge in [0.1, 0.15) is 6.54 Å². The number of halogens is 1. The minimum atomic E-state index is -3.69. The second kappa shape index (κ2) is 8.35. The number of hydrogen-bond acceptors (Lipinski definition) is 7. The van der Waals surface area contributed by atoms with Gasteiger partial charge in [0.25, 0.3) is 0 Å². The highest BCUT2D eigenvalue weighted by Gasteiger charge is 2.23. The van der Waals surface area contributed by atoms with Gasteiger partial charge in [0.15, 0.2) is 4.34 Å². The first kappa shape index (κ1) is 20.0. The number of carbonyl (C=O) groups is 1. The Balaban J connectivity index is 2.13. The summed E-state index contributed by atoms with van der Waals surface area (Å²) in [4.78, 5) is 12.3. The molecule has 2 aromatic rings. The first-order valence-corrected chi connectivity index (χ1v) is 11.1. The minimum absolute atomic E-state index is 0.243. The number of nitrogens with one attached hydrogen (secondary N) is 1. The molecule has 25 heavy (non-hydrogen) atoms. The number of benzene rings is 1. The van der Waals surface area contributed by atoms with E-state index < -0.39 is 22.5 Å². The van der Waals surface area contributed by atoms with Gasteiger partial charge in [0, 0.05) is 5.25 Å². The topological polar surface area (TPSA) is 92.3 Å². The van der Waals surface area contributed by atoms with Crippen LogP contribution in [0.2, 0.25) is 5.02 Å². The summed E-state index contributed by atoms with van der Waals surface area (Å²) in [7, 11) is -3.69. The number of sulfonamides is 1. The second-order valence-electron chi connectivity index (χ2n) is 5.31. The van der Waals surface area contributed by atoms with Gasteiger partial charge in [-0.3, -0.25) is 14.4 Å². The van der Waals surface area contributed by atoms with Crippen LogP contribution in [0.3, 0.4) is 0 Å². The molecule has 1 N–H and O–H groups in total. The Morgan fingerprint density at radius 3 is 2.64 bits per heavy atom. The Labute approximate surface area is 159 Å². The van der Waals surface area contributed by atoms with Gasteiger partial charge in [-0.2, -0.15) is 0 Å². The number of para-hydroxylation sites is 1. The van der Waals surface area contributed by atoms with Crippen LogP contribution in [0.25, 0.3) is 0 Å². The van der Waals surface area contributed by atoms with E-state index in [1.807, 2.05) is 13.8 Å². The lowest BCUT2D eigenvalue weighted by molar-refractivity contribution is -0.114. The zero-order valence-electron chi connectivity index (χ0n) is 13.8. The van der Waals surface area contributed by atoms with Crippen molar-refractivity contribution in [1.29, 1.82) is 0 Å². The molecule has 0 radical (unpaired) electrons. The van der Waals surface area contributed by atoms with Crippen LogP contribution < -0.4 is 9.62 Å². The normalized spacial score (nSPS) is 11.6. The SMILES string of the molecule is CC(C)Sc1nnc(NC(=O)CN(c2ccccc2Cl)S(C)(=O)=O)s1. The van der Waals surface area contributed by atoms with Crippen LogP contribution in [-0.2, 0) is 14.8 Å². The standard InChI is InChI=1S/C14H17ClN4O3S3/c1-9(2)23-14-18-17-13(24-14)16-12(20)8-19(25(3,21)22)11-7-5-4-6-10(11)15/h4-7,9H,8H2,1-3H3,(H,16,17,20). The average molecular weight is 421 g/mol. The van der Waals surface area contributed by atoms with Crippen LogP contribution >= 0.6 is 34.7 Å². The smallest absolute Gasteiger partial charge is 0.246 e. The summed E-state index contributed by atoms with van der Waals surface area (Å²) in [6.45, 7) is 3.64. The summed E-state index contributed by atoms with van der Waals surface area (Å²) >= 11 is 8.83. The Kier molecular flexibility index (Phi) is 6.66. The molecule has 0 aliphatic carbocycles. The van der Waals surface area contributed by atoms with E-state index in [-0.39, 0.29) is 10.7 Å². The molecule has 7 nitrogen and oxygen atoms in total. The lowest BCUT2D eigenvalue weighted by atomic mass is 10.3. The molecular formula is C14H17ClN4O3S3. The third kappa shape index (κ3) is 5.84. The maximum Gasteiger partial charge on any atom is 0.246 e. The van der Waals surface area contributed by atoms with Crippen LogP contribution in [0.4, 0.5) is 10.8 Å². The molecule has 0 bridgehead atoms. The van der Waals surface area contributed by atoms with E-state index in [0.717, 1.165) is 14.9 Å². The highest BCUT2D eigenvalue weighted by Crippen LogP contribution is 2.29. The third-order valence-electron chi connectivity index (χ3n) is 2.80. The number of carbonyl (C=O) groups excluding carboxylic acids is 1. The van der Waals surface area contributed by atoms with Gasteiger partial charge >= 0.3 is 0 Å². The molecule has 1 aromatic heterocycles. The molecule has 1 amide bonds. The van der Waals surface area contributed by atoms with Crippen molar-refractivity contribution in [3.63, 3.8) is 0 Å². The summed E-state index contributed by atoms with van der Waals surface area (Å²) in [5.41, 5.74) is 0.245. The molecule has 0 aliphatic heterocycles. The number of nitrogens with zero attached hydrogens (tertiary/aromatic N) is 3. The molecular weight excluding hydrogens is 404 g/mol. The van der Waals surface area contributed by atoms with Crippen molar-refractivity contribution < 1.29 is 13.2 Å². The maximum atomic E-state index is 12.3. The average Bonchev–Trinajstić information content (AvgIpc) is 2.90. The summed E-state index contributed by atoms with van der Waals surface area (Å²) in [5.74, 6) is -0.525. The molecule has 0 saturated carbocycles. The van der Waals surface area contributed by atoms with E-state index in [2.05, 4.69) is 15.5 Å². The Morgan fingerprint density at radius 2 is 2.04 bits per heavy atom. The quantitative estimate of drug-likeness (QED) is 0.546. The fourth-order valence-electron chi connectivity index (χ4n) is 1.83. The molecule has 1 aromatic carbocycles. The Morgan fingerprint density at radius 1 is 1.36 bits per heavy atom. The molecule has 0 atom stereocenters. The molecule has 0 spiro atoms. The first-order chi connectivity index (χ1) is 11.7. The summed E-state index contributed by atoms with van der Waals surface area (Å²) in [6.07, 6.45) is 1.02. The van der Waals surface area contributed by atoms with Crippen molar-refractivity contribution in [2.24, 2.45) is 0 Å². The number of anilines is 2. The van der Waals surface area contributed by atoms with E-state index in [1.165, 1.54) is 23.1 Å². The van der Waals surface area contributed by atoms with Crippen molar-refractivity contribution in [2.75, 3.05) is 22.4 Å². The van der Waals surface area contributed by atoms with Crippen molar-refractivity contribution >= 4 is 61.4 Å². The highest BCUT2D eigenvalue weighted by molar-refractivity contribution is 8.01. The van der Waals surface area contributed by atoms with Gasteiger partial charge in [-0.25, -0.2) is 8.42 Å². The molecule has 2 rings (SSSR count). The lowest BCUT2D eigenvalue weighted by Crippen LogP contribution is -2.37. The van der Waals surface area contributed by atoms with E-state index >= 15 is 0 Å². The van der Waals surface area contributed by atoms with Crippen molar-refractivity contribution in [1.82, 2.24) is 10.2 Å². The number of aromatic nitrogens is 2. The van der Waals surface area contributed by atoms with Gasteiger partial charge in [0.05, 0.1) is 17.0 Å². The zero-order chi connectivity index (χ0) is 18.6. The predicted octanol–water partition coefficient (Wildman–Crippen LogP) is 3.10. The Bertz CT molecular complexity index is 855. The van der Waals surface area contributed by atoms with Crippen LogP contribution in [-0.4, -0.2) is 42.6 Å². The molecule has 136 valence electrons. The van der Waals surface area contributed by atoms with Crippen LogP contribution in [0.5, 0.6) is 0 Å². The molecule has 1 heterocycles. The van der Waals surface area contributed by atoms with E-state index in [4.69, 9.17) is 11.6 Å². The van der Waals surface area contributed by atoms with Gasteiger partial charge < -0.3 is 0 Å². The van der Waals surface area contributed by atoms with Crippen LogP contribution in [0.15, 0.2) is 28.6 Å². The van der Waals surface area contributed by atoms with Crippen molar-refractivity contribution in [3.05, 3.63) is 29.3 Å². The molecule has 0 aliphatic rings. The fraction of sp³-hybridized carbons (Fsp3) is 0.357. The number of amides is 1. The molecule has 0 unspecified atom stereocenters. The molecule has 0 fully saturated rings. The predicted molar refractivity (Wildman–Crippen MR) is 103 cm³/mol. The van der Waals surface area contributed by atoms with Crippen molar-refractivity contribution in [2.45, 2.75) is 23.4 Å². The van der Waals surface area contributed by atoms with Crippen molar-refractivity contribution in [3.8, 4) is 0 Å². The van der Waals surface area contributed by atoms with Gasteiger partial charge in [0.2, 0.25) is 21.1 Å². The molecule has 0 saturated heterocycles. The van der Waals surface area contributed by atoms with E-state index in [9.17, 15) is 13.2 Å². The van der Waals surface area contributed by atoms with E-state index in [1.54, 1.807) is 24.3 Å². The summed E-state index contributed by atoms with van der Waals surface area (Å²) < 4.78 is 25.8. The largest absolute Gasteiger partial charge is 0.299 e. The van der Waals surface area contributed by atoms with Gasteiger partial charge in [-0.15, -0.1) is 10.2 Å². The Hall–Kier alpha value is -1.36. The number of hydrogen-bond donors (Lipinski definition) is 1. The van der Waals surface area contributed by atoms with Gasteiger partial charge in [-0.05, 0) is 12.1 Å². The van der Waals surface area contributed by atoms with Crippen LogP contribution in [0.1, 0.15) is 13.8 Å². The summed E-state index contributed by atoms with van der Waals surface area (Å²) in [6, 6.07) is 6.44. The lowest BCUT2D eigenvalue weighted by Gasteiger charge is -2.22. The zero-order valence-corrected chi connectivity index (χ0v) is 17.0. The minimum Gasteiger partial charge on any atom is -0.299 e. The summed E-state index contributed by atoms with van der Waals surface area (Å²) in [5, 5.41) is 11.3. The first-order valence-electron chi connectivity index (χ1n) is 7.19. The number of rotatable bonds is 7. The third-order valence-corrected chi connectivity index (χ3v) is 6.17.